The van der Waals surface area contributed by atoms with Gasteiger partial charge in [-0.05, 0) is 61.8 Å². The van der Waals surface area contributed by atoms with Gasteiger partial charge in [0.1, 0.15) is 23.9 Å². The predicted octanol–water partition coefficient (Wildman–Crippen LogP) is 6.13. The molecule has 6 rings (SSSR count). The normalized spacial score (nSPS) is 18.4. The average Bonchev–Trinajstić information content (AvgIpc) is 3.18. The van der Waals surface area contributed by atoms with Gasteiger partial charge in [-0.25, -0.2) is 4.99 Å². The highest BCUT2D eigenvalue weighted by Crippen LogP contribution is 2.39. The van der Waals surface area contributed by atoms with Crippen molar-refractivity contribution in [2.75, 3.05) is 45.8 Å². The number of piperazine rings is 1. The SMILES string of the molecule is O=C(CC(CN1CCN(C2=Nc3ccccc3Oc3ccc(Cl)cc32)CC1)N1CCCCC1)OCc1ccccc1. The number of ether oxygens (including phenoxy) is 2. The number of benzene rings is 3. The van der Waals surface area contributed by atoms with Crippen molar-refractivity contribution in [3.8, 4) is 11.5 Å². The van der Waals surface area contributed by atoms with E-state index in [9.17, 15) is 4.79 Å². The van der Waals surface area contributed by atoms with Gasteiger partial charge in [0.2, 0.25) is 0 Å². The van der Waals surface area contributed by atoms with Crippen LogP contribution in [0.1, 0.15) is 36.8 Å². The summed E-state index contributed by atoms with van der Waals surface area (Å²) in [5.41, 5.74) is 2.75. The topological polar surface area (TPSA) is 57.6 Å². The highest BCUT2D eigenvalue weighted by Gasteiger charge is 2.30. The second kappa shape index (κ2) is 13.1. The van der Waals surface area contributed by atoms with Gasteiger partial charge in [-0.15, -0.1) is 0 Å². The third-order valence-electron chi connectivity index (χ3n) is 8.19. The van der Waals surface area contributed by atoms with E-state index in [2.05, 4.69) is 14.7 Å². The van der Waals surface area contributed by atoms with Crippen LogP contribution in [0.5, 0.6) is 11.5 Å². The number of hydrogen-bond acceptors (Lipinski definition) is 7. The number of aliphatic imine (C=N–C) groups is 1. The summed E-state index contributed by atoms with van der Waals surface area (Å²) in [7, 11) is 0. The highest BCUT2D eigenvalue weighted by atomic mass is 35.5. The Bertz CT molecular complexity index is 1370. The molecule has 0 radical (unpaired) electrons. The number of piperidine rings is 1. The standard InChI is InChI=1S/C33H37ClN4O3/c34-26-13-14-30-28(21-26)33(35-29-11-5-6-12-31(29)41-30)38-19-17-36(18-20-38)23-27(37-15-7-2-8-16-37)22-32(39)40-24-25-9-3-1-4-10-25/h1,3-6,9-14,21,27H,2,7-8,15-20,22-24H2. The maximum absolute atomic E-state index is 12.9. The number of hydrogen-bond donors (Lipinski definition) is 0. The zero-order valence-corrected chi connectivity index (χ0v) is 24.1. The third kappa shape index (κ3) is 6.92. The Hall–Kier alpha value is -3.39. The van der Waals surface area contributed by atoms with Crippen molar-refractivity contribution >= 4 is 29.1 Å². The molecular weight excluding hydrogens is 536 g/mol. The lowest BCUT2D eigenvalue weighted by molar-refractivity contribution is -0.146. The molecule has 8 heteroatoms. The number of fused-ring (bicyclic) bond motifs is 2. The van der Waals surface area contributed by atoms with Gasteiger partial charge < -0.3 is 14.4 Å². The van der Waals surface area contributed by atoms with Crippen LogP contribution in [-0.4, -0.2) is 78.4 Å². The van der Waals surface area contributed by atoms with Crippen molar-refractivity contribution in [1.29, 1.82) is 0 Å². The molecule has 1 atom stereocenters. The Labute approximate surface area is 247 Å². The van der Waals surface area contributed by atoms with E-state index in [0.717, 1.165) is 80.0 Å². The van der Waals surface area contributed by atoms with E-state index in [1.54, 1.807) is 0 Å². The zero-order valence-electron chi connectivity index (χ0n) is 23.4. The summed E-state index contributed by atoms with van der Waals surface area (Å²) in [5, 5.41) is 0.660. The van der Waals surface area contributed by atoms with Crippen molar-refractivity contribution in [3.63, 3.8) is 0 Å². The highest BCUT2D eigenvalue weighted by molar-refractivity contribution is 6.31. The Morgan fingerprint density at radius 1 is 0.878 bits per heavy atom. The monoisotopic (exact) mass is 572 g/mol. The van der Waals surface area contributed by atoms with Crippen molar-refractivity contribution in [3.05, 3.63) is 88.9 Å². The van der Waals surface area contributed by atoms with Crippen LogP contribution in [0.15, 0.2) is 77.8 Å². The maximum atomic E-state index is 12.9. The molecule has 0 bridgehead atoms. The number of carbonyl (C=O) groups excluding carboxylic acids is 1. The summed E-state index contributed by atoms with van der Waals surface area (Å²) < 4.78 is 11.9. The first kappa shape index (κ1) is 27.8. The first-order valence-corrected chi connectivity index (χ1v) is 15.1. The van der Waals surface area contributed by atoms with Crippen LogP contribution in [0.2, 0.25) is 5.02 Å². The minimum absolute atomic E-state index is 0.122. The number of amidine groups is 1. The van der Waals surface area contributed by atoms with Gasteiger partial charge in [0.05, 0.1) is 12.0 Å². The van der Waals surface area contributed by atoms with E-state index < -0.39 is 0 Å². The smallest absolute Gasteiger partial charge is 0.307 e. The van der Waals surface area contributed by atoms with Crippen LogP contribution < -0.4 is 4.74 Å². The molecule has 41 heavy (non-hydrogen) atoms. The number of rotatable bonds is 7. The van der Waals surface area contributed by atoms with Crippen molar-refractivity contribution in [1.82, 2.24) is 14.7 Å². The van der Waals surface area contributed by atoms with Gasteiger partial charge in [-0.3, -0.25) is 14.6 Å². The average molecular weight is 573 g/mol. The number of likely N-dealkylation sites (tertiary alicyclic amines) is 1. The lowest BCUT2D eigenvalue weighted by atomic mass is 10.0. The molecule has 3 aromatic carbocycles. The van der Waals surface area contributed by atoms with E-state index in [4.69, 9.17) is 26.1 Å². The number of esters is 1. The van der Waals surface area contributed by atoms with E-state index >= 15 is 0 Å². The molecule has 7 nitrogen and oxygen atoms in total. The Kier molecular flexibility index (Phi) is 8.85. The molecule has 0 aliphatic carbocycles. The third-order valence-corrected chi connectivity index (χ3v) is 8.42. The van der Waals surface area contributed by atoms with E-state index in [1.807, 2.05) is 72.8 Å². The lowest BCUT2D eigenvalue weighted by Crippen LogP contribution is -2.54. The first-order chi connectivity index (χ1) is 20.1. The predicted molar refractivity (Wildman–Crippen MR) is 162 cm³/mol. The second-order valence-corrected chi connectivity index (χ2v) is 11.5. The quantitative estimate of drug-likeness (QED) is 0.318. The number of para-hydroxylation sites is 2. The summed E-state index contributed by atoms with van der Waals surface area (Å²) in [6.07, 6.45) is 4.06. The van der Waals surface area contributed by atoms with Gasteiger partial charge in [-0.1, -0.05) is 60.5 Å². The van der Waals surface area contributed by atoms with Crippen molar-refractivity contribution in [2.24, 2.45) is 4.99 Å². The minimum atomic E-state index is -0.122. The summed E-state index contributed by atoms with van der Waals surface area (Å²) in [4.78, 5) is 25.3. The second-order valence-electron chi connectivity index (χ2n) is 11.0. The molecule has 3 heterocycles. The van der Waals surface area contributed by atoms with Gasteiger partial charge in [0.15, 0.2) is 5.75 Å². The van der Waals surface area contributed by atoms with Gasteiger partial charge in [0.25, 0.3) is 0 Å². The molecule has 0 aromatic heterocycles. The molecule has 1 unspecified atom stereocenters. The molecular formula is C33H37ClN4O3. The van der Waals surface area contributed by atoms with E-state index in [1.165, 1.54) is 19.3 Å². The largest absolute Gasteiger partial charge is 0.461 e. The summed E-state index contributed by atoms with van der Waals surface area (Å²) in [6.45, 7) is 6.72. The number of carbonyl (C=O) groups is 1. The Morgan fingerprint density at radius 3 is 2.44 bits per heavy atom. The van der Waals surface area contributed by atoms with Gasteiger partial charge >= 0.3 is 5.97 Å². The van der Waals surface area contributed by atoms with Gasteiger partial charge in [0, 0.05) is 43.8 Å². The number of halogens is 1. The minimum Gasteiger partial charge on any atom is -0.461 e. The van der Waals surface area contributed by atoms with Crippen molar-refractivity contribution in [2.45, 2.75) is 38.3 Å². The van der Waals surface area contributed by atoms with Crippen LogP contribution >= 0.6 is 11.6 Å². The molecule has 0 amide bonds. The van der Waals surface area contributed by atoms with Crippen molar-refractivity contribution < 1.29 is 14.3 Å². The Balaban J connectivity index is 1.12. The van der Waals surface area contributed by atoms with Crippen LogP contribution in [0.3, 0.4) is 0 Å². The van der Waals surface area contributed by atoms with Crippen LogP contribution in [0.4, 0.5) is 5.69 Å². The zero-order chi connectivity index (χ0) is 28.0. The fourth-order valence-corrected chi connectivity index (χ4v) is 6.13. The lowest BCUT2D eigenvalue weighted by Gasteiger charge is -2.41. The summed E-state index contributed by atoms with van der Waals surface area (Å²) in [5.74, 6) is 2.28. The maximum Gasteiger partial charge on any atom is 0.307 e. The van der Waals surface area contributed by atoms with Gasteiger partial charge in [-0.2, -0.15) is 0 Å². The van der Waals surface area contributed by atoms with E-state index in [-0.39, 0.29) is 12.0 Å². The molecule has 3 aliphatic rings. The summed E-state index contributed by atoms with van der Waals surface area (Å²) in [6, 6.07) is 23.7. The van der Waals surface area contributed by atoms with Crippen LogP contribution in [-0.2, 0) is 16.1 Å². The van der Waals surface area contributed by atoms with Crippen LogP contribution in [0, 0.1) is 0 Å². The molecule has 3 aliphatic heterocycles. The fraction of sp³-hybridized carbons (Fsp3) is 0.394. The Morgan fingerprint density at radius 2 is 1.63 bits per heavy atom. The molecule has 0 saturated carbocycles. The number of nitrogens with zero attached hydrogens (tertiary/aromatic N) is 4. The van der Waals surface area contributed by atoms with Crippen LogP contribution in [0.25, 0.3) is 0 Å². The molecule has 3 aromatic rings. The molecule has 2 saturated heterocycles. The first-order valence-electron chi connectivity index (χ1n) is 14.7. The molecule has 0 N–H and O–H groups in total. The molecule has 214 valence electrons. The summed E-state index contributed by atoms with van der Waals surface area (Å²) >= 11 is 6.42. The molecule has 0 spiro atoms. The fourth-order valence-electron chi connectivity index (χ4n) is 5.96. The molecule has 2 fully saturated rings. The van der Waals surface area contributed by atoms with E-state index in [0.29, 0.717) is 18.1 Å².